The van der Waals surface area contributed by atoms with Gasteiger partial charge < -0.3 is 16.1 Å². The Kier molecular flexibility index (Phi) is 4.26. The Balaban J connectivity index is 1.77. The first-order valence-corrected chi connectivity index (χ1v) is 7.90. The van der Waals surface area contributed by atoms with Crippen LogP contribution in [0.4, 0.5) is 0 Å². The van der Waals surface area contributed by atoms with Gasteiger partial charge in [0, 0.05) is 23.3 Å². The van der Waals surface area contributed by atoms with Gasteiger partial charge in [0.1, 0.15) is 5.75 Å². The van der Waals surface area contributed by atoms with Gasteiger partial charge in [-0.15, -0.1) is 0 Å². The van der Waals surface area contributed by atoms with E-state index in [0.717, 1.165) is 22.4 Å². The standard InChI is InChI=1S/C21H20NO2/c1-4-21(3)15(2)12-18-13-17(10-11-19(18)24-21)20(23)22-14-16-8-6-5-7-9-16/h5-13H,1,14H2,2-3H3,(H,22,23)/q-1. The van der Waals surface area contributed by atoms with Crippen molar-refractivity contribution in [3.63, 3.8) is 0 Å². The highest BCUT2D eigenvalue weighted by atomic mass is 16.5. The van der Waals surface area contributed by atoms with Gasteiger partial charge in [-0.3, -0.25) is 11.4 Å². The van der Waals surface area contributed by atoms with E-state index in [1.165, 1.54) is 0 Å². The van der Waals surface area contributed by atoms with Crippen molar-refractivity contribution in [2.45, 2.75) is 26.0 Å². The van der Waals surface area contributed by atoms with Gasteiger partial charge in [0.15, 0.2) is 0 Å². The van der Waals surface area contributed by atoms with Crippen LogP contribution in [0.25, 0.3) is 6.08 Å². The number of carbonyl (C=O) groups excluding carboxylic acids is 1. The minimum Gasteiger partial charge on any atom is -0.513 e. The van der Waals surface area contributed by atoms with E-state index in [4.69, 9.17) is 4.74 Å². The summed E-state index contributed by atoms with van der Waals surface area (Å²) in [4.78, 5) is 12.4. The molecule has 1 atom stereocenters. The van der Waals surface area contributed by atoms with Crippen molar-refractivity contribution < 1.29 is 9.53 Å². The third-order valence-electron chi connectivity index (χ3n) is 4.34. The van der Waals surface area contributed by atoms with Gasteiger partial charge in [0.2, 0.25) is 0 Å². The third kappa shape index (κ3) is 3.11. The number of amides is 1. The zero-order chi connectivity index (χ0) is 17.2. The van der Waals surface area contributed by atoms with Crippen LogP contribution >= 0.6 is 0 Å². The molecule has 0 saturated heterocycles. The fraction of sp³-hybridized carbons (Fsp3) is 0.190. The van der Waals surface area contributed by atoms with Crippen LogP contribution in [-0.4, -0.2) is 11.5 Å². The summed E-state index contributed by atoms with van der Waals surface area (Å²) in [7, 11) is 0. The van der Waals surface area contributed by atoms with Crippen LogP contribution in [0.15, 0.2) is 60.7 Å². The Morgan fingerprint density at radius 3 is 2.71 bits per heavy atom. The van der Waals surface area contributed by atoms with Crippen LogP contribution in [0, 0.1) is 6.08 Å². The minimum absolute atomic E-state index is 0.101. The minimum atomic E-state index is -0.621. The number of carbonyl (C=O) groups is 1. The SMILES string of the molecule is C=[C-]C1(C)Oc2ccc(C(=O)NCc3ccccc3)cc2C=C1C. The van der Waals surface area contributed by atoms with Crippen molar-refractivity contribution in [3.05, 3.63) is 83.4 Å². The quantitative estimate of drug-likeness (QED) is 0.860. The van der Waals surface area contributed by atoms with Crippen molar-refractivity contribution in [1.82, 2.24) is 5.32 Å². The predicted molar refractivity (Wildman–Crippen MR) is 95.6 cm³/mol. The van der Waals surface area contributed by atoms with Gasteiger partial charge >= 0.3 is 0 Å². The molecule has 2 aromatic carbocycles. The Hall–Kier alpha value is -2.81. The zero-order valence-electron chi connectivity index (χ0n) is 13.9. The maximum atomic E-state index is 12.4. The van der Waals surface area contributed by atoms with Gasteiger partial charge in [0.25, 0.3) is 5.91 Å². The monoisotopic (exact) mass is 318 g/mol. The lowest BCUT2D eigenvalue weighted by Crippen LogP contribution is -2.34. The van der Waals surface area contributed by atoms with Gasteiger partial charge in [-0.05, 0) is 37.6 Å². The average molecular weight is 318 g/mol. The summed E-state index contributed by atoms with van der Waals surface area (Å²) in [6.45, 7) is 8.13. The van der Waals surface area contributed by atoms with E-state index in [2.05, 4.69) is 18.0 Å². The Morgan fingerprint density at radius 1 is 1.25 bits per heavy atom. The molecule has 1 aliphatic rings. The molecule has 1 aliphatic heterocycles. The Labute approximate surface area is 142 Å². The van der Waals surface area contributed by atoms with E-state index < -0.39 is 5.60 Å². The lowest BCUT2D eigenvalue weighted by molar-refractivity contribution is 0.0950. The maximum absolute atomic E-state index is 12.4. The largest absolute Gasteiger partial charge is 0.513 e. The molecule has 0 aromatic heterocycles. The lowest BCUT2D eigenvalue weighted by atomic mass is 9.91. The number of rotatable bonds is 4. The second-order valence-corrected chi connectivity index (χ2v) is 6.06. The van der Waals surface area contributed by atoms with Gasteiger partial charge in [0.05, 0.1) is 0 Å². The fourth-order valence-corrected chi connectivity index (χ4v) is 2.62. The fourth-order valence-electron chi connectivity index (χ4n) is 2.62. The molecule has 0 radical (unpaired) electrons. The molecule has 0 saturated carbocycles. The van der Waals surface area contributed by atoms with Gasteiger partial charge in [-0.25, -0.2) is 0 Å². The van der Waals surface area contributed by atoms with Crippen LogP contribution in [0.2, 0.25) is 0 Å². The molecule has 1 unspecified atom stereocenters. The molecule has 2 aromatic rings. The summed E-state index contributed by atoms with van der Waals surface area (Å²) in [5.74, 6) is 0.634. The van der Waals surface area contributed by atoms with Gasteiger partial charge in [-0.2, -0.15) is 0 Å². The highest BCUT2D eigenvalue weighted by molar-refractivity contribution is 5.95. The molecular weight excluding hydrogens is 298 g/mol. The van der Waals surface area contributed by atoms with Crippen molar-refractivity contribution in [2.24, 2.45) is 0 Å². The molecule has 0 aliphatic carbocycles. The molecule has 1 heterocycles. The number of ether oxygens (including phenoxy) is 1. The van der Waals surface area contributed by atoms with Crippen molar-refractivity contribution in [2.75, 3.05) is 0 Å². The lowest BCUT2D eigenvalue weighted by Gasteiger charge is -2.42. The highest BCUT2D eigenvalue weighted by Gasteiger charge is 2.22. The van der Waals surface area contributed by atoms with Crippen LogP contribution in [0.1, 0.15) is 35.3 Å². The van der Waals surface area contributed by atoms with E-state index in [1.54, 1.807) is 6.07 Å². The van der Waals surface area contributed by atoms with E-state index >= 15 is 0 Å². The van der Waals surface area contributed by atoms with Crippen molar-refractivity contribution in [1.29, 1.82) is 0 Å². The molecule has 3 nitrogen and oxygen atoms in total. The van der Waals surface area contributed by atoms with Gasteiger partial charge in [-0.1, -0.05) is 42.0 Å². The summed E-state index contributed by atoms with van der Waals surface area (Å²) in [5.41, 5.74) is 2.97. The van der Waals surface area contributed by atoms with E-state index in [9.17, 15) is 4.79 Å². The molecule has 0 spiro atoms. The molecule has 0 bridgehead atoms. The molecule has 1 amide bonds. The number of fused-ring (bicyclic) bond motifs is 1. The normalized spacial score (nSPS) is 18.8. The Morgan fingerprint density at radius 2 is 2.00 bits per heavy atom. The summed E-state index contributed by atoms with van der Waals surface area (Å²) >= 11 is 0. The third-order valence-corrected chi connectivity index (χ3v) is 4.34. The van der Waals surface area contributed by atoms with Crippen LogP contribution in [-0.2, 0) is 6.54 Å². The molecule has 0 fully saturated rings. The van der Waals surface area contributed by atoms with Crippen LogP contribution in [0.5, 0.6) is 5.75 Å². The molecule has 3 heteroatoms. The molecule has 1 N–H and O–H groups in total. The van der Waals surface area contributed by atoms with Crippen LogP contribution in [0.3, 0.4) is 0 Å². The topological polar surface area (TPSA) is 38.3 Å². The smallest absolute Gasteiger partial charge is 0.251 e. The van der Waals surface area contributed by atoms with Crippen molar-refractivity contribution >= 4 is 12.0 Å². The second-order valence-electron chi connectivity index (χ2n) is 6.06. The number of nitrogens with one attached hydrogen (secondary N) is 1. The highest BCUT2D eigenvalue weighted by Crippen LogP contribution is 2.36. The first-order valence-electron chi connectivity index (χ1n) is 7.90. The number of hydrogen-bond donors (Lipinski definition) is 1. The van der Waals surface area contributed by atoms with Crippen LogP contribution < -0.4 is 10.1 Å². The zero-order valence-corrected chi connectivity index (χ0v) is 13.9. The Bertz CT molecular complexity index is 808. The maximum Gasteiger partial charge on any atom is 0.251 e. The summed E-state index contributed by atoms with van der Waals surface area (Å²) in [6, 6.07) is 15.3. The molecule has 122 valence electrons. The van der Waals surface area contributed by atoms with E-state index in [-0.39, 0.29) is 5.91 Å². The van der Waals surface area contributed by atoms with E-state index in [0.29, 0.717) is 12.1 Å². The second kappa shape index (κ2) is 6.36. The molecule has 3 rings (SSSR count). The first-order chi connectivity index (χ1) is 11.5. The van der Waals surface area contributed by atoms with Crippen molar-refractivity contribution in [3.8, 4) is 5.75 Å². The number of benzene rings is 2. The average Bonchev–Trinajstić information content (AvgIpc) is 2.61. The summed E-state index contributed by atoms with van der Waals surface area (Å²) in [6.07, 6.45) is 4.95. The molecule has 24 heavy (non-hydrogen) atoms. The number of hydrogen-bond acceptors (Lipinski definition) is 2. The summed E-state index contributed by atoms with van der Waals surface area (Å²) < 4.78 is 5.97. The predicted octanol–water partition coefficient (Wildman–Crippen LogP) is 4.16. The first kappa shape index (κ1) is 16.1. The van der Waals surface area contributed by atoms with E-state index in [1.807, 2.05) is 62.4 Å². The summed E-state index contributed by atoms with van der Waals surface area (Å²) in [5, 5.41) is 2.94. The molecular formula is C21H20NO2-.